The van der Waals surface area contributed by atoms with Gasteiger partial charge >= 0.3 is 0 Å². The predicted octanol–water partition coefficient (Wildman–Crippen LogP) is 1.97. The Morgan fingerprint density at radius 2 is 1.83 bits per heavy atom. The fraction of sp³-hybridized carbons (Fsp3) is 0.250. The van der Waals surface area contributed by atoms with Crippen molar-refractivity contribution in [3.05, 3.63) is 29.8 Å². The van der Waals surface area contributed by atoms with E-state index in [0.717, 1.165) is 5.56 Å². The third kappa shape index (κ3) is 2.92. The maximum atomic E-state index is 10.9. The Labute approximate surface area is 72.6 Å². The van der Waals surface area contributed by atoms with E-state index in [1.54, 1.807) is 12.1 Å². The first-order valence-corrected chi connectivity index (χ1v) is 5.36. The summed E-state index contributed by atoms with van der Waals surface area (Å²) in [7, 11) is -2.89. The number of aryl methyl sites for hydroxylation is 1. The van der Waals surface area contributed by atoms with Gasteiger partial charge in [0.25, 0.3) is 0 Å². The highest BCUT2D eigenvalue weighted by Gasteiger charge is 1.98. The quantitative estimate of drug-likeness (QED) is 0.765. The molecular formula is C8H11NO2S. The molecule has 1 rings (SSSR count). The summed E-state index contributed by atoms with van der Waals surface area (Å²) >= 11 is 0. The van der Waals surface area contributed by atoms with Gasteiger partial charge in [0.05, 0.1) is 6.26 Å². The topological polar surface area (TPSA) is 50.1 Å². The number of hydrogen-bond donors (Lipinski definition) is 1. The molecule has 0 bridgehead atoms. The van der Waals surface area contributed by atoms with E-state index in [4.69, 9.17) is 8.96 Å². The second-order valence-electron chi connectivity index (χ2n) is 2.67. The Kier molecular flexibility index (Phi) is 2.38. The molecule has 12 heavy (non-hydrogen) atoms. The molecule has 1 aromatic rings. The zero-order chi connectivity index (χ0) is 9.19. The van der Waals surface area contributed by atoms with Crippen LogP contribution in [0, 0.1) is 11.7 Å². The summed E-state index contributed by atoms with van der Waals surface area (Å²) in [6.07, 6.45) is 1.24. The number of nitrogens with one attached hydrogen (secondary N) is 1. The lowest BCUT2D eigenvalue weighted by Crippen LogP contribution is -2.03. The number of benzene rings is 1. The van der Waals surface area contributed by atoms with Crippen molar-refractivity contribution in [2.45, 2.75) is 6.92 Å². The molecule has 0 heterocycles. The minimum absolute atomic E-state index is 0.475. The van der Waals surface area contributed by atoms with E-state index < -0.39 is 10.0 Å². The molecule has 0 aliphatic rings. The molecule has 1 unspecified atom stereocenters. The van der Waals surface area contributed by atoms with Gasteiger partial charge in [-0.15, -0.1) is 0 Å². The van der Waals surface area contributed by atoms with Crippen molar-refractivity contribution in [3.8, 4) is 5.75 Å². The number of rotatable bonds is 2. The zero-order valence-corrected chi connectivity index (χ0v) is 7.85. The average molecular weight is 185 g/mol. The maximum Gasteiger partial charge on any atom is 0.200 e. The standard InChI is InChI=1S/C8H11NO2S/c1-7-3-5-8(6-4-7)11-12(2,9)10/h3-6,9H,1-2H3. The fourth-order valence-electron chi connectivity index (χ4n) is 0.777. The minimum atomic E-state index is -2.89. The first-order chi connectivity index (χ1) is 5.47. The van der Waals surface area contributed by atoms with E-state index in [1.807, 2.05) is 19.1 Å². The van der Waals surface area contributed by atoms with Crippen LogP contribution >= 0.6 is 0 Å². The van der Waals surface area contributed by atoms with Crippen LogP contribution in [-0.4, -0.2) is 10.5 Å². The monoisotopic (exact) mass is 185 g/mol. The largest absolute Gasteiger partial charge is 0.396 e. The van der Waals surface area contributed by atoms with E-state index in [1.165, 1.54) is 6.26 Å². The van der Waals surface area contributed by atoms with Crippen LogP contribution in [0.25, 0.3) is 0 Å². The summed E-state index contributed by atoms with van der Waals surface area (Å²) in [6.45, 7) is 1.95. The van der Waals surface area contributed by atoms with Crippen molar-refractivity contribution < 1.29 is 8.39 Å². The van der Waals surface area contributed by atoms with E-state index >= 15 is 0 Å². The summed E-state index contributed by atoms with van der Waals surface area (Å²) in [4.78, 5) is 0. The van der Waals surface area contributed by atoms with Crippen molar-refractivity contribution in [3.63, 3.8) is 0 Å². The third-order valence-electron chi connectivity index (χ3n) is 1.28. The van der Waals surface area contributed by atoms with Gasteiger partial charge in [-0.25, -0.2) is 8.99 Å². The molecule has 0 saturated heterocycles. The molecule has 0 amide bonds. The molecule has 1 N–H and O–H groups in total. The van der Waals surface area contributed by atoms with Gasteiger partial charge < -0.3 is 4.18 Å². The van der Waals surface area contributed by atoms with Crippen LogP contribution in [0.4, 0.5) is 0 Å². The SMILES string of the molecule is Cc1ccc(OS(C)(=N)=O)cc1. The molecule has 4 heteroatoms. The third-order valence-corrected chi connectivity index (χ3v) is 1.79. The zero-order valence-electron chi connectivity index (χ0n) is 7.03. The lowest BCUT2D eigenvalue weighted by molar-refractivity contribution is 0.554. The first-order valence-electron chi connectivity index (χ1n) is 3.47. The summed E-state index contributed by atoms with van der Waals surface area (Å²) in [5, 5.41) is 0. The van der Waals surface area contributed by atoms with Crippen molar-refractivity contribution in [1.82, 2.24) is 0 Å². The molecule has 0 fully saturated rings. The second kappa shape index (κ2) is 3.15. The highest BCUT2D eigenvalue weighted by molar-refractivity contribution is 7.87. The number of hydrogen-bond acceptors (Lipinski definition) is 3. The predicted molar refractivity (Wildman–Crippen MR) is 48.6 cm³/mol. The lowest BCUT2D eigenvalue weighted by Gasteiger charge is -2.04. The van der Waals surface area contributed by atoms with Crippen molar-refractivity contribution in [1.29, 1.82) is 4.78 Å². The molecule has 0 saturated carbocycles. The summed E-state index contributed by atoms with van der Waals surface area (Å²) in [5.74, 6) is 0.475. The highest BCUT2D eigenvalue weighted by atomic mass is 32.2. The van der Waals surface area contributed by atoms with Crippen LogP contribution < -0.4 is 4.18 Å². The van der Waals surface area contributed by atoms with Gasteiger partial charge in [0, 0.05) is 0 Å². The van der Waals surface area contributed by atoms with Gasteiger partial charge in [-0.2, -0.15) is 0 Å². The van der Waals surface area contributed by atoms with Gasteiger partial charge in [-0.1, -0.05) is 17.7 Å². The highest BCUT2D eigenvalue weighted by Crippen LogP contribution is 2.13. The fourth-order valence-corrected chi connectivity index (χ4v) is 1.26. The molecule has 0 aliphatic carbocycles. The molecule has 1 atom stereocenters. The van der Waals surface area contributed by atoms with Gasteiger partial charge in [-0.3, -0.25) is 0 Å². The van der Waals surface area contributed by atoms with E-state index in [2.05, 4.69) is 0 Å². The van der Waals surface area contributed by atoms with Crippen LogP contribution in [0.5, 0.6) is 5.75 Å². The Balaban J connectivity index is 2.85. The van der Waals surface area contributed by atoms with E-state index in [9.17, 15) is 4.21 Å². The van der Waals surface area contributed by atoms with Gasteiger partial charge in [0.1, 0.15) is 5.75 Å². The van der Waals surface area contributed by atoms with Crippen molar-refractivity contribution in [2.75, 3.05) is 6.26 Å². The molecule has 0 spiro atoms. The summed E-state index contributed by atoms with van der Waals surface area (Å²) < 4.78 is 22.8. The average Bonchev–Trinajstić information content (AvgIpc) is 1.91. The Hall–Kier alpha value is -1.03. The van der Waals surface area contributed by atoms with Gasteiger partial charge in [0.2, 0.25) is 0 Å². The van der Waals surface area contributed by atoms with E-state index in [-0.39, 0.29) is 0 Å². The van der Waals surface area contributed by atoms with Gasteiger partial charge in [0.15, 0.2) is 10.0 Å². The van der Waals surface area contributed by atoms with Crippen LogP contribution in [0.3, 0.4) is 0 Å². The Morgan fingerprint density at radius 3 is 2.25 bits per heavy atom. The maximum absolute atomic E-state index is 10.9. The van der Waals surface area contributed by atoms with Crippen LogP contribution in [-0.2, 0) is 10.0 Å². The molecule has 0 aromatic heterocycles. The normalized spacial score (nSPS) is 15.2. The van der Waals surface area contributed by atoms with Crippen LogP contribution in [0.2, 0.25) is 0 Å². The van der Waals surface area contributed by atoms with Crippen LogP contribution in [0.1, 0.15) is 5.56 Å². The molecule has 0 radical (unpaired) electrons. The smallest absolute Gasteiger partial charge is 0.200 e. The molecule has 66 valence electrons. The molecule has 3 nitrogen and oxygen atoms in total. The summed E-state index contributed by atoms with van der Waals surface area (Å²) in [5.41, 5.74) is 1.11. The summed E-state index contributed by atoms with van der Waals surface area (Å²) in [6, 6.07) is 7.10. The molecule has 1 aromatic carbocycles. The Bertz CT molecular complexity index is 353. The Morgan fingerprint density at radius 1 is 1.33 bits per heavy atom. The van der Waals surface area contributed by atoms with E-state index in [0.29, 0.717) is 5.75 Å². The van der Waals surface area contributed by atoms with Crippen LogP contribution in [0.15, 0.2) is 24.3 Å². The molecule has 0 aliphatic heterocycles. The lowest BCUT2D eigenvalue weighted by atomic mass is 10.2. The van der Waals surface area contributed by atoms with Gasteiger partial charge in [-0.05, 0) is 19.1 Å². The second-order valence-corrected chi connectivity index (χ2v) is 4.38. The first kappa shape index (κ1) is 9.06. The minimum Gasteiger partial charge on any atom is -0.396 e. The molecular weight excluding hydrogens is 174 g/mol. The van der Waals surface area contributed by atoms with Crippen molar-refractivity contribution in [2.24, 2.45) is 0 Å². The van der Waals surface area contributed by atoms with Crippen molar-refractivity contribution >= 4 is 10.0 Å².